The van der Waals surface area contributed by atoms with E-state index in [9.17, 15) is 8.42 Å². The lowest BCUT2D eigenvalue weighted by molar-refractivity contribution is 0.594. The fraction of sp³-hybridized carbons (Fsp3) is 0.100. The van der Waals surface area contributed by atoms with Gasteiger partial charge in [-0.15, -0.1) is 15.6 Å². The van der Waals surface area contributed by atoms with Gasteiger partial charge in [-0.25, -0.2) is 13.4 Å². The third kappa shape index (κ3) is 2.50. The Morgan fingerprint density at radius 3 is 2.76 bits per heavy atom. The maximum Gasteiger partial charge on any atom is 0.254 e. The third-order valence-electron chi connectivity index (χ3n) is 2.19. The van der Waals surface area contributed by atoms with E-state index in [0.29, 0.717) is 10.6 Å². The smallest absolute Gasteiger partial charge is 0.245 e. The first-order chi connectivity index (χ1) is 8.04. The molecular formula is C10H9ClN2O2S2. The zero-order valence-corrected chi connectivity index (χ0v) is 11.2. The van der Waals surface area contributed by atoms with Crippen LogP contribution in [0.5, 0.6) is 0 Å². The Labute approximate surface area is 108 Å². The Bertz CT molecular complexity index is 624. The number of benzene rings is 1. The minimum Gasteiger partial charge on any atom is -0.245 e. The molecule has 1 aromatic carbocycles. The number of aryl methyl sites for hydroxylation is 1. The lowest BCUT2D eigenvalue weighted by Crippen LogP contribution is -2.14. The summed E-state index contributed by atoms with van der Waals surface area (Å²) in [5, 5.41) is 2.45. The number of rotatable bonds is 3. The molecule has 0 saturated heterocycles. The molecule has 0 saturated carbocycles. The predicted molar refractivity (Wildman–Crippen MR) is 68.5 cm³/mol. The van der Waals surface area contributed by atoms with Gasteiger partial charge in [-0.2, -0.15) is 0 Å². The fourth-order valence-electron chi connectivity index (χ4n) is 1.44. The van der Waals surface area contributed by atoms with E-state index < -0.39 is 10.0 Å². The van der Waals surface area contributed by atoms with Crippen LogP contribution < -0.4 is 4.24 Å². The lowest BCUT2D eigenvalue weighted by atomic mass is 10.1. The number of nitrogens with zero attached hydrogens (tertiary/aromatic N) is 1. The van der Waals surface area contributed by atoms with Crippen LogP contribution in [0.2, 0.25) is 0 Å². The Morgan fingerprint density at radius 1 is 1.41 bits per heavy atom. The molecule has 4 nitrogen and oxygen atoms in total. The first-order valence-electron chi connectivity index (χ1n) is 4.67. The number of sulfonamides is 1. The molecule has 2 aromatic rings. The zero-order chi connectivity index (χ0) is 12.5. The Kier molecular flexibility index (Phi) is 3.48. The van der Waals surface area contributed by atoms with Crippen molar-refractivity contribution in [3.05, 3.63) is 35.3 Å². The molecule has 0 bridgehead atoms. The van der Waals surface area contributed by atoms with Crippen LogP contribution >= 0.6 is 23.1 Å². The van der Waals surface area contributed by atoms with Crippen LogP contribution in [0.4, 0.5) is 0 Å². The van der Waals surface area contributed by atoms with Crippen molar-refractivity contribution in [2.75, 3.05) is 0 Å². The Hall–Kier alpha value is -0.950. The third-order valence-corrected chi connectivity index (χ3v) is 4.74. The summed E-state index contributed by atoms with van der Waals surface area (Å²) in [7, 11) is -3.69. The van der Waals surface area contributed by atoms with Gasteiger partial charge in [0.2, 0.25) is 0 Å². The van der Waals surface area contributed by atoms with Crippen molar-refractivity contribution in [3.8, 4) is 10.6 Å². The van der Waals surface area contributed by atoms with E-state index in [1.807, 2.05) is 6.92 Å². The molecule has 1 heterocycles. The van der Waals surface area contributed by atoms with Crippen molar-refractivity contribution < 1.29 is 8.42 Å². The van der Waals surface area contributed by atoms with Gasteiger partial charge < -0.3 is 0 Å². The van der Waals surface area contributed by atoms with Crippen molar-refractivity contribution in [2.45, 2.75) is 11.8 Å². The molecule has 2 rings (SSSR count). The summed E-state index contributed by atoms with van der Waals surface area (Å²) >= 11 is 6.62. The first-order valence-corrected chi connectivity index (χ1v) is 7.41. The van der Waals surface area contributed by atoms with Crippen LogP contribution in [0.15, 0.2) is 34.7 Å². The van der Waals surface area contributed by atoms with Crippen LogP contribution in [0, 0.1) is 6.92 Å². The first kappa shape index (κ1) is 12.5. The highest BCUT2D eigenvalue weighted by atomic mass is 35.5. The van der Waals surface area contributed by atoms with E-state index in [0.717, 1.165) is 5.56 Å². The van der Waals surface area contributed by atoms with Crippen molar-refractivity contribution in [3.63, 3.8) is 0 Å². The van der Waals surface area contributed by atoms with Crippen LogP contribution in [-0.2, 0) is 10.0 Å². The quantitative estimate of drug-likeness (QED) is 0.883. The van der Waals surface area contributed by atoms with Crippen molar-refractivity contribution in [1.82, 2.24) is 9.23 Å². The average Bonchev–Trinajstić information content (AvgIpc) is 2.82. The second kappa shape index (κ2) is 4.73. The number of nitrogens with one attached hydrogen (secondary N) is 1. The largest absolute Gasteiger partial charge is 0.254 e. The van der Waals surface area contributed by atoms with Crippen LogP contribution in [-0.4, -0.2) is 13.4 Å². The molecule has 0 atom stereocenters. The standard InChI is InChI=1S/C10H9ClN2O2S2/c1-7-2-3-9(17(14,15)13-11)8(6-7)10-12-4-5-16-10/h2-6,13H,1H3. The zero-order valence-electron chi connectivity index (χ0n) is 8.84. The second-order valence-corrected chi connectivity index (χ2v) is 6.38. The maximum absolute atomic E-state index is 11.8. The molecule has 0 unspecified atom stereocenters. The number of thiazole rings is 1. The van der Waals surface area contributed by atoms with Crippen molar-refractivity contribution in [2.24, 2.45) is 0 Å². The van der Waals surface area contributed by atoms with Gasteiger partial charge in [-0.3, -0.25) is 0 Å². The second-order valence-electron chi connectivity index (χ2n) is 3.42. The van der Waals surface area contributed by atoms with E-state index in [4.69, 9.17) is 11.8 Å². The van der Waals surface area contributed by atoms with Crippen molar-refractivity contribution in [1.29, 1.82) is 0 Å². The van der Waals surface area contributed by atoms with E-state index in [2.05, 4.69) is 4.98 Å². The molecular weight excluding hydrogens is 280 g/mol. The van der Waals surface area contributed by atoms with Crippen molar-refractivity contribution >= 4 is 33.1 Å². The molecule has 7 heteroatoms. The van der Waals surface area contributed by atoms with Gasteiger partial charge in [0.1, 0.15) is 5.01 Å². The normalized spacial score (nSPS) is 11.6. The molecule has 0 aliphatic rings. The fourth-order valence-corrected chi connectivity index (χ4v) is 3.20. The Balaban J connectivity index is 2.69. The van der Waals surface area contributed by atoms with E-state index in [1.54, 1.807) is 28.0 Å². The summed E-state index contributed by atoms with van der Waals surface area (Å²) in [5.74, 6) is 0. The maximum atomic E-state index is 11.8. The van der Waals surface area contributed by atoms with Crippen LogP contribution in [0.3, 0.4) is 0 Å². The molecule has 0 aliphatic carbocycles. The highest BCUT2D eigenvalue weighted by Gasteiger charge is 2.19. The molecule has 90 valence electrons. The minimum atomic E-state index is -3.69. The highest BCUT2D eigenvalue weighted by molar-refractivity contribution is 7.90. The summed E-state index contributed by atoms with van der Waals surface area (Å²) in [6.07, 6.45) is 1.63. The Morgan fingerprint density at radius 2 is 2.18 bits per heavy atom. The average molecular weight is 289 g/mol. The molecule has 0 spiro atoms. The summed E-state index contributed by atoms with van der Waals surface area (Å²) in [6, 6.07) is 5.02. The molecule has 0 fully saturated rings. The highest BCUT2D eigenvalue weighted by Crippen LogP contribution is 2.29. The minimum absolute atomic E-state index is 0.132. The summed E-state index contributed by atoms with van der Waals surface area (Å²) in [6.45, 7) is 1.89. The molecule has 17 heavy (non-hydrogen) atoms. The van der Waals surface area contributed by atoms with Gasteiger partial charge in [0.15, 0.2) is 0 Å². The molecule has 0 radical (unpaired) electrons. The summed E-state index contributed by atoms with van der Waals surface area (Å²) < 4.78 is 25.3. The number of hydrogen-bond donors (Lipinski definition) is 1. The topological polar surface area (TPSA) is 59.1 Å². The summed E-state index contributed by atoms with van der Waals surface area (Å²) in [5.41, 5.74) is 1.52. The number of hydrogen-bond acceptors (Lipinski definition) is 4. The van der Waals surface area contributed by atoms with Gasteiger partial charge in [-0.05, 0) is 30.8 Å². The van der Waals surface area contributed by atoms with E-state index in [1.165, 1.54) is 17.4 Å². The van der Waals surface area contributed by atoms with Gasteiger partial charge in [0.05, 0.1) is 4.90 Å². The van der Waals surface area contributed by atoms with Crippen LogP contribution in [0.25, 0.3) is 10.6 Å². The number of halogens is 1. The van der Waals surface area contributed by atoms with Gasteiger partial charge in [-0.1, -0.05) is 11.6 Å². The van der Waals surface area contributed by atoms with Gasteiger partial charge >= 0.3 is 0 Å². The monoisotopic (exact) mass is 288 g/mol. The molecule has 0 amide bonds. The summed E-state index contributed by atoms with van der Waals surface area (Å²) in [4.78, 5) is 4.25. The lowest BCUT2D eigenvalue weighted by Gasteiger charge is -2.07. The predicted octanol–water partition coefficient (Wildman–Crippen LogP) is 2.55. The molecule has 1 N–H and O–H groups in total. The number of aromatic nitrogens is 1. The molecule has 1 aromatic heterocycles. The van der Waals surface area contributed by atoms with Gasteiger partial charge in [0, 0.05) is 17.1 Å². The van der Waals surface area contributed by atoms with Gasteiger partial charge in [0.25, 0.3) is 10.0 Å². The van der Waals surface area contributed by atoms with E-state index >= 15 is 0 Å². The SMILES string of the molecule is Cc1ccc(S(=O)(=O)NCl)c(-c2nccs2)c1. The van der Waals surface area contributed by atoms with E-state index in [-0.39, 0.29) is 4.90 Å². The van der Waals surface area contributed by atoms with Crippen LogP contribution in [0.1, 0.15) is 5.56 Å². The molecule has 0 aliphatic heterocycles.